The molecule has 3 rings (SSSR count). The maximum Gasteiger partial charge on any atom is 0.331 e. The number of nitrogens with zero attached hydrogens (tertiary/aromatic N) is 4. The van der Waals surface area contributed by atoms with Crippen LogP contribution in [0.3, 0.4) is 0 Å². The van der Waals surface area contributed by atoms with Gasteiger partial charge < -0.3 is 14.5 Å². The van der Waals surface area contributed by atoms with Crippen LogP contribution in [0.15, 0.2) is 54.7 Å². The first kappa shape index (κ1) is 20.0. The third-order valence-corrected chi connectivity index (χ3v) is 4.46. The molecule has 1 aliphatic rings. The van der Waals surface area contributed by atoms with Crippen molar-refractivity contribution in [2.24, 2.45) is 0 Å². The van der Waals surface area contributed by atoms with E-state index in [9.17, 15) is 19.7 Å². The van der Waals surface area contributed by atoms with Crippen LogP contribution in [0.5, 0.6) is 0 Å². The highest BCUT2D eigenvalue weighted by Gasteiger charge is 2.22. The Balaban J connectivity index is 1.42. The van der Waals surface area contributed by atoms with E-state index in [0.717, 1.165) is 5.82 Å². The zero-order valence-corrected chi connectivity index (χ0v) is 15.6. The Bertz CT molecular complexity index is 891. The first-order chi connectivity index (χ1) is 14.0. The van der Waals surface area contributed by atoms with Crippen molar-refractivity contribution in [3.63, 3.8) is 0 Å². The van der Waals surface area contributed by atoms with Crippen LogP contribution in [-0.4, -0.2) is 59.5 Å². The van der Waals surface area contributed by atoms with E-state index in [1.165, 1.54) is 36.4 Å². The highest BCUT2D eigenvalue weighted by Crippen LogP contribution is 2.14. The van der Waals surface area contributed by atoms with E-state index in [1.807, 2.05) is 18.2 Å². The molecule has 29 heavy (non-hydrogen) atoms. The molecule has 1 amide bonds. The molecule has 1 aromatic heterocycles. The third kappa shape index (κ3) is 5.61. The van der Waals surface area contributed by atoms with Crippen molar-refractivity contribution >= 4 is 29.5 Å². The van der Waals surface area contributed by atoms with Crippen LogP contribution in [0.2, 0.25) is 0 Å². The summed E-state index contributed by atoms with van der Waals surface area (Å²) in [5, 5.41) is 10.6. The highest BCUT2D eigenvalue weighted by atomic mass is 16.6. The molecule has 1 aromatic carbocycles. The van der Waals surface area contributed by atoms with Gasteiger partial charge in [-0.15, -0.1) is 0 Å². The minimum atomic E-state index is -0.649. The van der Waals surface area contributed by atoms with Gasteiger partial charge in [0.2, 0.25) is 0 Å². The molecule has 0 unspecified atom stereocenters. The predicted molar refractivity (Wildman–Crippen MR) is 106 cm³/mol. The molecule has 0 atom stereocenters. The summed E-state index contributed by atoms with van der Waals surface area (Å²) in [6.45, 7) is 2.07. The Labute approximate surface area is 167 Å². The molecule has 0 aliphatic carbocycles. The zero-order chi connectivity index (χ0) is 20.6. The molecule has 1 aliphatic heterocycles. The van der Waals surface area contributed by atoms with Crippen molar-refractivity contribution in [2.45, 2.75) is 0 Å². The van der Waals surface area contributed by atoms with E-state index >= 15 is 0 Å². The predicted octanol–water partition coefficient (Wildman–Crippen LogP) is 1.89. The van der Waals surface area contributed by atoms with Crippen molar-refractivity contribution in [2.75, 3.05) is 37.7 Å². The fraction of sp³-hybridized carbons (Fsp3) is 0.250. The largest absolute Gasteiger partial charge is 0.452 e. The van der Waals surface area contributed by atoms with E-state index in [0.29, 0.717) is 31.7 Å². The molecule has 9 heteroatoms. The average molecular weight is 396 g/mol. The zero-order valence-electron chi connectivity index (χ0n) is 15.6. The molecule has 1 saturated heterocycles. The SMILES string of the molecule is O=C(C=Cc1ccc([N+](=O)[O-])cc1)OCC(=O)N1CCN(c2ccccn2)CC1. The molecule has 9 nitrogen and oxygen atoms in total. The van der Waals surface area contributed by atoms with E-state index in [4.69, 9.17) is 4.74 Å². The molecule has 0 saturated carbocycles. The second-order valence-electron chi connectivity index (χ2n) is 6.35. The van der Waals surface area contributed by atoms with E-state index < -0.39 is 10.9 Å². The van der Waals surface area contributed by atoms with Crippen LogP contribution >= 0.6 is 0 Å². The van der Waals surface area contributed by atoms with Crippen LogP contribution in [0, 0.1) is 10.1 Å². The van der Waals surface area contributed by atoms with Gasteiger partial charge in [-0.3, -0.25) is 14.9 Å². The molecule has 0 N–H and O–H groups in total. The number of pyridine rings is 1. The van der Waals surface area contributed by atoms with Gasteiger partial charge in [-0.2, -0.15) is 0 Å². The standard InChI is InChI=1S/C20H20N4O5/c25-19(23-13-11-22(12-14-23)18-3-1-2-10-21-18)15-29-20(26)9-6-16-4-7-17(8-5-16)24(27)28/h1-10H,11-15H2. The molecular weight excluding hydrogens is 376 g/mol. The minimum Gasteiger partial charge on any atom is -0.452 e. The van der Waals surface area contributed by atoms with Gasteiger partial charge in [0.1, 0.15) is 5.82 Å². The Hall–Kier alpha value is -3.75. The highest BCUT2D eigenvalue weighted by molar-refractivity contribution is 5.89. The van der Waals surface area contributed by atoms with Gasteiger partial charge in [-0.05, 0) is 35.9 Å². The van der Waals surface area contributed by atoms with Crippen molar-refractivity contribution in [1.82, 2.24) is 9.88 Å². The lowest BCUT2D eigenvalue weighted by atomic mass is 10.2. The van der Waals surface area contributed by atoms with E-state index in [2.05, 4.69) is 9.88 Å². The fourth-order valence-electron chi connectivity index (χ4n) is 2.87. The van der Waals surface area contributed by atoms with Crippen molar-refractivity contribution in [3.8, 4) is 0 Å². The van der Waals surface area contributed by atoms with Crippen LogP contribution < -0.4 is 4.90 Å². The number of benzene rings is 1. The molecular formula is C20H20N4O5. The van der Waals surface area contributed by atoms with Gasteiger partial charge in [-0.25, -0.2) is 9.78 Å². The van der Waals surface area contributed by atoms with Crippen LogP contribution in [-0.2, 0) is 14.3 Å². The van der Waals surface area contributed by atoms with Crippen LogP contribution in [0.1, 0.15) is 5.56 Å². The maximum absolute atomic E-state index is 12.2. The number of rotatable bonds is 6. The molecule has 150 valence electrons. The number of hydrogen-bond donors (Lipinski definition) is 0. The quantitative estimate of drug-likeness (QED) is 0.318. The molecule has 2 heterocycles. The molecule has 0 radical (unpaired) electrons. The fourth-order valence-corrected chi connectivity index (χ4v) is 2.87. The van der Waals surface area contributed by atoms with Gasteiger partial charge in [-0.1, -0.05) is 6.07 Å². The number of carbonyl (C=O) groups excluding carboxylic acids is 2. The van der Waals surface area contributed by atoms with E-state index in [1.54, 1.807) is 11.1 Å². The first-order valence-corrected chi connectivity index (χ1v) is 9.06. The number of carbonyl (C=O) groups is 2. The summed E-state index contributed by atoms with van der Waals surface area (Å²) in [5.74, 6) is -0.0195. The number of anilines is 1. The normalized spacial score (nSPS) is 14.1. The molecule has 0 spiro atoms. The summed E-state index contributed by atoms with van der Waals surface area (Å²) in [4.78, 5) is 42.2. The van der Waals surface area contributed by atoms with Gasteiger partial charge in [0, 0.05) is 50.6 Å². The Kier molecular flexibility index (Phi) is 6.51. The van der Waals surface area contributed by atoms with Gasteiger partial charge >= 0.3 is 5.97 Å². The number of piperazine rings is 1. The summed E-state index contributed by atoms with van der Waals surface area (Å²) >= 11 is 0. The summed E-state index contributed by atoms with van der Waals surface area (Å²) in [6, 6.07) is 11.4. The smallest absolute Gasteiger partial charge is 0.331 e. The number of aromatic nitrogens is 1. The third-order valence-electron chi connectivity index (χ3n) is 4.46. The average Bonchev–Trinajstić information content (AvgIpc) is 2.77. The Morgan fingerprint density at radius 1 is 1.10 bits per heavy atom. The number of non-ortho nitro benzene ring substituents is 1. The number of esters is 1. The summed E-state index contributed by atoms with van der Waals surface area (Å²) in [7, 11) is 0. The number of amides is 1. The lowest BCUT2D eigenvalue weighted by Crippen LogP contribution is -2.50. The summed E-state index contributed by atoms with van der Waals surface area (Å²) in [6.07, 6.45) is 4.39. The first-order valence-electron chi connectivity index (χ1n) is 9.06. The second kappa shape index (κ2) is 9.45. The lowest BCUT2D eigenvalue weighted by Gasteiger charge is -2.35. The monoisotopic (exact) mass is 396 g/mol. The van der Waals surface area contributed by atoms with Gasteiger partial charge in [0.05, 0.1) is 4.92 Å². The lowest BCUT2D eigenvalue weighted by molar-refractivity contribution is -0.384. The van der Waals surface area contributed by atoms with E-state index in [-0.39, 0.29) is 18.2 Å². The second-order valence-corrected chi connectivity index (χ2v) is 6.35. The molecule has 0 bridgehead atoms. The number of nitro benzene ring substituents is 1. The van der Waals surface area contributed by atoms with Gasteiger partial charge in [0.25, 0.3) is 11.6 Å². The van der Waals surface area contributed by atoms with Crippen molar-refractivity contribution in [1.29, 1.82) is 0 Å². The van der Waals surface area contributed by atoms with Gasteiger partial charge in [0.15, 0.2) is 6.61 Å². The topological polar surface area (TPSA) is 106 Å². The van der Waals surface area contributed by atoms with Crippen molar-refractivity contribution in [3.05, 3.63) is 70.4 Å². The number of ether oxygens (including phenoxy) is 1. The number of nitro groups is 1. The van der Waals surface area contributed by atoms with Crippen molar-refractivity contribution < 1.29 is 19.2 Å². The Morgan fingerprint density at radius 2 is 1.83 bits per heavy atom. The number of hydrogen-bond acceptors (Lipinski definition) is 7. The summed E-state index contributed by atoms with van der Waals surface area (Å²) in [5.41, 5.74) is 0.586. The van der Waals surface area contributed by atoms with Crippen LogP contribution in [0.25, 0.3) is 6.08 Å². The minimum absolute atomic E-state index is 0.0292. The van der Waals surface area contributed by atoms with Crippen LogP contribution in [0.4, 0.5) is 11.5 Å². The molecule has 2 aromatic rings. The molecule has 1 fully saturated rings. The summed E-state index contributed by atoms with van der Waals surface area (Å²) < 4.78 is 5.00. The Morgan fingerprint density at radius 3 is 2.45 bits per heavy atom. The maximum atomic E-state index is 12.2.